The van der Waals surface area contributed by atoms with E-state index in [1.807, 2.05) is 24.6 Å². The number of nitrogens with zero attached hydrogens (tertiary/aromatic N) is 4. The van der Waals surface area contributed by atoms with E-state index >= 15 is 0 Å². The monoisotopic (exact) mass is 386 g/mol. The molecule has 0 aliphatic heterocycles. The van der Waals surface area contributed by atoms with Crippen LogP contribution in [0.1, 0.15) is 55.7 Å². The van der Waals surface area contributed by atoms with Crippen molar-refractivity contribution in [3.05, 3.63) is 56.9 Å². The Hall–Kier alpha value is -2.70. The van der Waals surface area contributed by atoms with Crippen molar-refractivity contribution in [2.24, 2.45) is 5.92 Å². The predicted octanol–water partition coefficient (Wildman–Crippen LogP) is 4.22. The number of benzene rings is 1. The number of aromatic nitrogens is 2. The minimum absolute atomic E-state index is 0.00872. The quantitative estimate of drug-likeness (QED) is 0.502. The summed E-state index contributed by atoms with van der Waals surface area (Å²) in [5, 5.41) is 15.6. The van der Waals surface area contributed by atoms with Crippen LogP contribution in [0.15, 0.2) is 24.3 Å². The fraction of sp³-hybridized carbons (Fsp3) is 0.524. The van der Waals surface area contributed by atoms with Gasteiger partial charge in [-0.05, 0) is 44.2 Å². The SMILES string of the molecule is Cc1nn(CC(C)C)c(C)c1CCC(=O)N(C)C(C)c1cccc([N+](=O)[O-])c1. The molecule has 0 N–H and O–H groups in total. The van der Waals surface area contributed by atoms with E-state index in [0.29, 0.717) is 18.8 Å². The fourth-order valence-corrected chi connectivity index (χ4v) is 3.37. The Morgan fingerprint density at radius 2 is 1.96 bits per heavy atom. The first-order valence-electron chi connectivity index (χ1n) is 9.64. The number of carbonyl (C=O) groups is 1. The van der Waals surface area contributed by atoms with E-state index in [-0.39, 0.29) is 17.6 Å². The summed E-state index contributed by atoms with van der Waals surface area (Å²) in [6.45, 7) is 11.1. The molecule has 152 valence electrons. The van der Waals surface area contributed by atoms with E-state index in [1.54, 1.807) is 18.0 Å². The molecule has 0 spiro atoms. The Morgan fingerprint density at radius 1 is 1.29 bits per heavy atom. The largest absolute Gasteiger partial charge is 0.339 e. The lowest BCUT2D eigenvalue weighted by atomic mass is 10.0. The molecule has 2 aromatic rings. The summed E-state index contributed by atoms with van der Waals surface area (Å²) in [7, 11) is 1.74. The number of rotatable bonds is 8. The summed E-state index contributed by atoms with van der Waals surface area (Å²) in [5.41, 5.74) is 4.01. The maximum Gasteiger partial charge on any atom is 0.269 e. The van der Waals surface area contributed by atoms with Gasteiger partial charge in [0, 0.05) is 37.8 Å². The van der Waals surface area contributed by atoms with Crippen LogP contribution in [0.25, 0.3) is 0 Å². The highest BCUT2D eigenvalue weighted by molar-refractivity contribution is 5.76. The minimum atomic E-state index is -0.418. The van der Waals surface area contributed by atoms with Crippen molar-refractivity contribution in [1.29, 1.82) is 0 Å². The van der Waals surface area contributed by atoms with Crippen LogP contribution in [0.5, 0.6) is 0 Å². The number of nitro groups is 1. The fourth-order valence-electron chi connectivity index (χ4n) is 3.37. The van der Waals surface area contributed by atoms with Gasteiger partial charge >= 0.3 is 0 Å². The summed E-state index contributed by atoms with van der Waals surface area (Å²) in [6.07, 6.45) is 1.02. The van der Waals surface area contributed by atoms with Crippen LogP contribution in [0, 0.1) is 29.9 Å². The average molecular weight is 386 g/mol. The second-order valence-electron chi connectivity index (χ2n) is 7.76. The number of aryl methyl sites for hydroxylation is 1. The third-order valence-electron chi connectivity index (χ3n) is 5.20. The van der Waals surface area contributed by atoms with Gasteiger partial charge in [0.2, 0.25) is 5.91 Å². The third-order valence-corrected chi connectivity index (χ3v) is 5.20. The second-order valence-corrected chi connectivity index (χ2v) is 7.76. The molecule has 7 heteroatoms. The lowest BCUT2D eigenvalue weighted by molar-refractivity contribution is -0.384. The highest BCUT2D eigenvalue weighted by Gasteiger charge is 2.20. The lowest BCUT2D eigenvalue weighted by Gasteiger charge is -2.25. The van der Waals surface area contributed by atoms with Crippen molar-refractivity contribution in [3.8, 4) is 0 Å². The summed E-state index contributed by atoms with van der Waals surface area (Å²) in [6, 6.07) is 6.21. The number of carbonyl (C=O) groups excluding carboxylic acids is 1. The molecule has 1 heterocycles. The number of nitro benzene ring substituents is 1. The van der Waals surface area contributed by atoms with Gasteiger partial charge in [-0.15, -0.1) is 0 Å². The standard InChI is InChI=1S/C21H30N4O3/c1-14(2)13-24-17(5)20(15(3)22-24)10-11-21(26)23(6)16(4)18-8-7-9-19(12-18)25(27)28/h7-9,12,14,16H,10-11,13H2,1-6H3. The molecule has 2 rings (SSSR count). The molecule has 0 saturated carbocycles. The van der Waals surface area contributed by atoms with Crippen LogP contribution in [-0.2, 0) is 17.8 Å². The molecule has 1 amide bonds. The molecule has 1 aromatic heterocycles. The molecule has 0 aliphatic rings. The van der Waals surface area contributed by atoms with E-state index in [2.05, 4.69) is 25.9 Å². The van der Waals surface area contributed by atoms with Gasteiger partial charge in [0.05, 0.1) is 16.7 Å². The summed E-state index contributed by atoms with van der Waals surface area (Å²) in [5.74, 6) is 0.517. The van der Waals surface area contributed by atoms with Gasteiger partial charge in [-0.2, -0.15) is 5.10 Å². The van der Waals surface area contributed by atoms with Crippen molar-refractivity contribution < 1.29 is 9.72 Å². The number of non-ortho nitro benzene ring substituents is 1. The first-order chi connectivity index (χ1) is 13.1. The molecule has 1 atom stereocenters. The van der Waals surface area contributed by atoms with Crippen LogP contribution in [-0.4, -0.2) is 32.6 Å². The van der Waals surface area contributed by atoms with Crippen LogP contribution >= 0.6 is 0 Å². The molecule has 7 nitrogen and oxygen atoms in total. The molecule has 0 fully saturated rings. The molecule has 0 bridgehead atoms. The molecule has 0 saturated heterocycles. The van der Waals surface area contributed by atoms with Crippen molar-refractivity contribution in [3.63, 3.8) is 0 Å². The molecule has 28 heavy (non-hydrogen) atoms. The Kier molecular flexibility index (Phi) is 6.94. The average Bonchev–Trinajstić information content (AvgIpc) is 2.91. The van der Waals surface area contributed by atoms with Crippen molar-refractivity contribution in [2.45, 2.75) is 60.0 Å². The Bertz CT molecular complexity index is 857. The van der Waals surface area contributed by atoms with E-state index in [4.69, 9.17) is 0 Å². The molecule has 1 aromatic carbocycles. The van der Waals surface area contributed by atoms with Gasteiger partial charge in [-0.25, -0.2) is 0 Å². The number of hydrogen-bond acceptors (Lipinski definition) is 4. The van der Waals surface area contributed by atoms with Crippen molar-refractivity contribution in [2.75, 3.05) is 7.05 Å². The predicted molar refractivity (Wildman–Crippen MR) is 109 cm³/mol. The second kappa shape index (κ2) is 8.99. The van der Waals surface area contributed by atoms with Crippen LogP contribution in [0.3, 0.4) is 0 Å². The van der Waals surface area contributed by atoms with Gasteiger partial charge in [-0.1, -0.05) is 26.0 Å². The summed E-state index contributed by atoms with van der Waals surface area (Å²) >= 11 is 0. The van der Waals surface area contributed by atoms with Gasteiger partial charge in [-0.3, -0.25) is 19.6 Å². The minimum Gasteiger partial charge on any atom is -0.339 e. The van der Waals surface area contributed by atoms with Crippen molar-refractivity contribution >= 4 is 11.6 Å². The Labute approximate surface area is 166 Å². The zero-order valence-corrected chi connectivity index (χ0v) is 17.6. The molecular formula is C21H30N4O3. The molecular weight excluding hydrogens is 356 g/mol. The van der Waals surface area contributed by atoms with Gasteiger partial charge in [0.25, 0.3) is 5.69 Å². The molecule has 0 aliphatic carbocycles. The number of amides is 1. The van der Waals surface area contributed by atoms with Gasteiger partial charge in [0.15, 0.2) is 0 Å². The zero-order chi connectivity index (χ0) is 21.0. The Balaban J connectivity index is 2.06. The van der Waals surface area contributed by atoms with Crippen molar-refractivity contribution in [1.82, 2.24) is 14.7 Å². The smallest absolute Gasteiger partial charge is 0.269 e. The van der Waals surface area contributed by atoms with Gasteiger partial charge in [0.1, 0.15) is 0 Å². The highest BCUT2D eigenvalue weighted by atomic mass is 16.6. The zero-order valence-electron chi connectivity index (χ0n) is 17.6. The highest BCUT2D eigenvalue weighted by Crippen LogP contribution is 2.24. The van der Waals surface area contributed by atoms with Gasteiger partial charge < -0.3 is 4.90 Å². The van der Waals surface area contributed by atoms with Crippen LogP contribution in [0.4, 0.5) is 5.69 Å². The van der Waals surface area contributed by atoms with Crippen LogP contribution < -0.4 is 0 Å². The maximum absolute atomic E-state index is 12.7. The van der Waals surface area contributed by atoms with E-state index < -0.39 is 4.92 Å². The summed E-state index contributed by atoms with van der Waals surface area (Å²) < 4.78 is 2.02. The molecule has 1 unspecified atom stereocenters. The van der Waals surface area contributed by atoms with E-state index in [9.17, 15) is 14.9 Å². The maximum atomic E-state index is 12.7. The summed E-state index contributed by atoms with van der Waals surface area (Å²) in [4.78, 5) is 24.9. The first kappa shape index (κ1) is 21.6. The van der Waals surface area contributed by atoms with E-state index in [1.165, 1.54) is 12.1 Å². The Morgan fingerprint density at radius 3 is 2.57 bits per heavy atom. The first-order valence-corrected chi connectivity index (χ1v) is 9.64. The third kappa shape index (κ3) is 4.97. The normalized spacial score (nSPS) is 12.2. The lowest BCUT2D eigenvalue weighted by Crippen LogP contribution is -2.29. The number of hydrogen-bond donors (Lipinski definition) is 0. The van der Waals surface area contributed by atoms with E-state index in [0.717, 1.165) is 29.1 Å². The molecule has 0 radical (unpaired) electrons. The van der Waals surface area contributed by atoms with Crippen LogP contribution in [0.2, 0.25) is 0 Å². The topological polar surface area (TPSA) is 81.3 Å².